The largest absolute Gasteiger partial charge is 0.383 e. The van der Waals surface area contributed by atoms with Gasteiger partial charge in [-0.2, -0.15) is 0 Å². The van der Waals surface area contributed by atoms with Gasteiger partial charge in [0.2, 0.25) is 0 Å². The molecule has 1 fully saturated rings. The van der Waals surface area contributed by atoms with Crippen LogP contribution in [0.15, 0.2) is 6.07 Å². The number of rotatable bonds is 7. The fourth-order valence-electron chi connectivity index (χ4n) is 2.38. The van der Waals surface area contributed by atoms with E-state index >= 15 is 0 Å². The summed E-state index contributed by atoms with van der Waals surface area (Å²) in [4.78, 5) is 11.3. The molecule has 1 atom stereocenters. The first-order valence-corrected chi connectivity index (χ1v) is 7.70. The summed E-state index contributed by atoms with van der Waals surface area (Å²) in [5, 5.41) is 0.518. The lowest BCUT2D eigenvalue weighted by Crippen LogP contribution is -2.38. The Morgan fingerprint density at radius 1 is 1.35 bits per heavy atom. The van der Waals surface area contributed by atoms with Crippen molar-refractivity contribution < 1.29 is 4.74 Å². The summed E-state index contributed by atoms with van der Waals surface area (Å²) in [6, 6.07) is 2.33. The van der Waals surface area contributed by atoms with Gasteiger partial charge >= 0.3 is 0 Å². The fraction of sp³-hybridized carbons (Fsp3) is 0.733. The van der Waals surface area contributed by atoms with Crippen molar-refractivity contribution in [2.45, 2.75) is 45.6 Å². The van der Waals surface area contributed by atoms with Crippen molar-refractivity contribution in [1.29, 1.82) is 0 Å². The van der Waals surface area contributed by atoms with Crippen LogP contribution < -0.4 is 4.90 Å². The molecule has 0 radical (unpaired) electrons. The Balaban J connectivity index is 2.26. The fourth-order valence-corrected chi connectivity index (χ4v) is 2.56. The Morgan fingerprint density at radius 3 is 2.60 bits per heavy atom. The summed E-state index contributed by atoms with van der Waals surface area (Å²) in [5.41, 5.74) is 0. The average Bonchev–Trinajstić information content (AvgIpc) is 3.22. The number of hydrogen-bond acceptors (Lipinski definition) is 4. The summed E-state index contributed by atoms with van der Waals surface area (Å²) in [6.45, 7) is 7.95. The van der Waals surface area contributed by atoms with Crippen LogP contribution in [0.25, 0.3) is 0 Å². The predicted octanol–water partition coefficient (Wildman–Crippen LogP) is 3.50. The Labute approximate surface area is 126 Å². The molecule has 0 bridgehead atoms. The molecule has 5 heteroatoms. The molecule has 0 saturated heterocycles. The maximum absolute atomic E-state index is 6.16. The Morgan fingerprint density at radius 2 is 2.05 bits per heavy atom. The van der Waals surface area contributed by atoms with Crippen LogP contribution in [-0.2, 0) is 4.74 Å². The highest BCUT2D eigenvalue weighted by Crippen LogP contribution is 2.36. The molecule has 1 saturated carbocycles. The number of nitrogens with zero attached hydrogens (tertiary/aromatic N) is 3. The van der Waals surface area contributed by atoms with Gasteiger partial charge in [0, 0.05) is 31.7 Å². The quantitative estimate of drug-likeness (QED) is 0.722. The second-order valence-electron chi connectivity index (χ2n) is 5.83. The molecule has 1 aromatic rings. The van der Waals surface area contributed by atoms with Gasteiger partial charge in [-0.05, 0) is 25.7 Å². The van der Waals surface area contributed by atoms with Crippen molar-refractivity contribution in [3.05, 3.63) is 17.0 Å². The van der Waals surface area contributed by atoms with Crippen LogP contribution in [0.4, 0.5) is 5.82 Å². The predicted molar refractivity (Wildman–Crippen MR) is 82.5 cm³/mol. The Hall–Kier alpha value is -0.870. The van der Waals surface area contributed by atoms with Crippen LogP contribution in [0, 0.1) is 5.92 Å². The maximum Gasteiger partial charge on any atom is 0.135 e. The highest BCUT2D eigenvalue weighted by Gasteiger charge is 2.32. The lowest BCUT2D eigenvalue weighted by Gasteiger charge is -2.30. The molecule has 2 rings (SSSR count). The third-order valence-electron chi connectivity index (χ3n) is 3.84. The summed E-state index contributed by atoms with van der Waals surface area (Å²) < 4.78 is 5.23. The summed E-state index contributed by atoms with van der Waals surface area (Å²) in [6.07, 6.45) is 2.61. The molecule has 0 spiro atoms. The van der Waals surface area contributed by atoms with E-state index in [1.54, 1.807) is 7.11 Å². The minimum absolute atomic E-state index is 0.271. The first-order valence-electron chi connectivity index (χ1n) is 7.33. The molecule has 0 aliphatic heterocycles. The minimum atomic E-state index is 0.271. The van der Waals surface area contributed by atoms with E-state index in [1.807, 2.05) is 6.07 Å². The zero-order chi connectivity index (χ0) is 14.7. The normalized spacial score (nSPS) is 16.5. The van der Waals surface area contributed by atoms with Gasteiger partial charge in [-0.1, -0.05) is 25.4 Å². The van der Waals surface area contributed by atoms with E-state index < -0.39 is 0 Å². The van der Waals surface area contributed by atoms with Crippen molar-refractivity contribution in [2.24, 2.45) is 5.92 Å². The number of hydrogen-bond donors (Lipinski definition) is 0. The van der Waals surface area contributed by atoms with Crippen molar-refractivity contribution in [3.8, 4) is 0 Å². The van der Waals surface area contributed by atoms with E-state index in [0.29, 0.717) is 17.8 Å². The van der Waals surface area contributed by atoms with Gasteiger partial charge in [-0.15, -0.1) is 0 Å². The molecule has 0 amide bonds. The number of halogens is 1. The van der Waals surface area contributed by atoms with Crippen LogP contribution in [0.5, 0.6) is 0 Å². The van der Waals surface area contributed by atoms with Crippen molar-refractivity contribution >= 4 is 17.4 Å². The van der Waals surface area contributed by atoms with E-state index in [9.17, 15) is 0 Å². The topological polar surface area (TPSA) is 38.2 Å². The number of anilines is 1. The highest BCUT2D eigenvalue weighted by molar-refractivity contribution is 6.29. The van der Waals surface area contributed by atoms with Gasteiger partial charge in [0.05, 0.1) is 6.61 Å². The smallest absolute Gasteiger partial charge is 0.135 e. The van der Waals surface area contributed by atoms with E-state index in [0.717, 1.165) is 24.1 Å². The van der Waals surface area contributed by atoms with E-state index in [-0.39, 0.29) is 5.92 Å². The van der Waals surface area contributed by atoms with Crippen molar-refractivity contribution in [3.63, 3.8) is 0 Å². The van der Waals surface area contributed by atoms with Crippen molar-refractivity contribution in [2.75, 3.05) is 25.2 Å². The third-order valence-corrected chi connectivity index (χ3v) is 4.04. The summed E-state index contributed by atoms with van der Waals surface area (Å²) in [7, 11) is 1.73. The Bertz CT molecular complexity index is 449. The molecule has 1 aromatic heterocycles. The molecule has 1 aliphatic carbocycles. The van der Waals surface area contributed by atoms with Gasteiger partial charge < -0.3 is 9.64 Å². The first kappa shape index (κ1) is 15.5. The summed E-state index contributed by atoms with van der Waals surface area (Å²) >= 11 is 6.16. The van der Waals surface area contributed by atoms with Crippen LogP contribution >= 0.6 is 11.6 Å². The van der Waals surface area contributed by atoms with E-state index in [4.69, 9.17) is 21.3 Å². The monoisotopic (exact) mass is 297 g/mol. The molecule has 112 valence electrons. The molecule has 0 aromatic carbocycles. The number of methoxy groups -OCH3 is 1. The van der Waals surface area contributed by atoms with Crippen LogP contribution in [0.3, 0.4) is 0 Å². The van der Waals surface area contributed by atoms with E-state index in [2.05, 4.69) is 30.7 Å². The lowest BCUT2D eigenvalue weighted by molar-refractivity contribution is 0.202. The van der Waals surface area contributed by atoms with E-state index in [1.165, 1.54) is 12.8 Å². The zero-order valence-electron chi connectivity index (χ0n) is 12.8. The molecular formula is C15H24ClN3O. The molecule has 0 N–H and O–H groups in total. The molecular weight excluding hydrogens is 274 g/mol. The SMILES string of the molecule is COCCN(c1cc(Cl)nc(C(C)C)n1)C(C)C1CC1. The highest BCUT2D eigenvalue weighted by atomic mass is 35.5. The molecule has 4 nitrogen and oxygen atoms in total. The summed E-state index contributed by atoms with van der Waals surface area (Å²) in [5.74, 6) is 2.76. The standard InChI is InChI=1S/C15H24ClN3O/c1-10(2)15-17-13(16)9-14(18-15)19(7-8-20-4)11(3)12-5-6-12/h9-12H,5-8H2,1-4H3. The van der Waals surface area contributed by atoms with Gasteiger partial charge in [-0.25, -0.2) is 9.97 Å². The van der Waals surface area contributed by atoms with Crippen LogP contribution in [0.1, 0.15) is 45.4 Å². The van der Waals surface area contributed by atoms with Crippen LogP contribution in [0.2, 0.25) is 5.15 Å². The Kier molecular flexibility index (Phi) is 5.22. The molecule has 1 aliphatic rings. The van der Waals surface area contributed by atoms with Crippen LogP contribution in [-0.4, -0.2) is 36.3 Å². The van der Waals surface area contributed by atoms with Gasteiger partial charge in [0.15, 0.2) is 0 Å². The lowest BCUT2D eigenvalue weighted by atomic mass is 10.1. The minimum Gasteiger partial charge on any atom is -0.383 e. The van der Waals surface area contributed by atoms with Gasteiger partial charge in [0.25, 0.3) is 0 Å². The zero-order valence-corrected chi connectivity index (χ0v) is 13.5. The molecule has 1 unspecified atom stereocenters. The molecule has 20 heavy (non-hydrogen) atoms. The second-order valence-corrected chi connectivity index (χ2v) is 6.21. The third kappa shape index (κ3) is 3.83. The average molecular weight is 298 g/mol. The second kappa shape index (κ2) is 6.72. The number of aromatic nitrogens is 2. The van der Waals surface area contributed by atoms with Gasteiger partial charge in [-0.3, -0.25) is 0 Å². The molecule has 1 heterocycles. The maximum atomic E-state index is 6.16. The van der Waals surface area contributed by atoms with Gasteiger partial charge in [0.1, 0.15) is 16.8 Å². The van der Waals surface area contributed by atoms with Crippen molar-refractivity contribution in [1.82, 2.24) is 9.97 Å². The first-order chi connectivity index (χ1) is 9.52. The number of ether oxygens (including phenoxy) is 1.